The van der Waals surface area contributed by atoms with Gasteiger partial charge < -0.3 is 0 Å². The predicted molar refractivity (Wildman–Crippen MR) is 69.9 cm³/mol. The van der Waals surface area contributed by atoms with E-state index in [1.54, 1.807) is 24.5 Å². The largest absolute Gasteiger partial charge is 0.285 e. The lowest BCUT2D eigenvalue weighted by Gasteiger charge is -1.97. The lowest BCUT2D eigenvalue weighted by Crippen LogP contribution is -2.32. The number of nitrogens with zero attached hydrogens (tertiary/aromatic N) is 1. The van der Waals surface area contributed by atoms with E-state index < -0.39 is 0 Å². The monoisotopic (exact) mass is 224 g/mol. The second-order valence-electron chi connectivity index (χ2n) is 3.70. The minimum Gasteiger partial charge on any atom is -0.285 e. The molecule has 0 saturated heterocycles. The van der Waals surface area contributed by atoms with Crippen molar-refractivity contribution in [2.24, 2.45) is 0 Å². The van der Waals surface area contributed by atoms with Gasteiger partial charge in [-0.15, -0.1) is 0 Å². The van der Waals surface area contributed by atoms with Gasteiger partial charge in [0.05, 0.1) is 5.39 Å². The second-order valence-corrected chi connectivity index (χ2v) is 3.70. The Hall–Kier alpha value is -2.35. The molecule has 1 heterocycles. The summed E-state index contributed by atoms with van der Waals surface area (Å²) in [6.45, 7) is 7.43. The van der Waals surface area contributed by atoms with E-state index in [1.807, 2.05) is 30.4 Å². The normalized spacial score (nSPS) is 12.9. The summed E-state index contributed by atoms with van der Waals surface area (Å²) in [5.74, 6) is 0. The van der Waals surface area contributed by atoms with Crippen molar-refractivity contribution in [2.45, 2.75) is 0 Å². The van der Waals surface area contributed by atoms with Gasteiger partial charge in [0.1, 0.15) is 0 Å². The summed E-state index contributed by atoms with van der Waals surface area (Å²) < 4.78 is 1.06. The Kier molecular flexibility index (Phi) is 3.06. The first-order valence-corrected chi connectivity index (χ1v) is 5.35. The van der Waals surface area contributed by atoms with Gasteiger partial charge >= 0.3 is 0 Å². The molecule has 0 fully saturated rings. The third-order valence-electron chi connectivity index (χ3n) is 2.60. The zero-order valence-electron chi connectivity index (χ0n) is 9.50. The first-order valence-electron chi connectivity index (χ1n) is 5.35. The summed E-state index contributed by atoms with van der Waals surface area (Å²) in [6.07, 6.45) is 10.6. The van der Waals surface area contributed by atoms with E-state index in [2.05, 4.69) is 13.2 Å². The lowest BCUT2D eigenvalue weighted by atomic mass is 10.1. The molecule has 84 valence electrons. The van der Waals surface area contributed by atoms with E-state index in [0.717, 1.165) is 25.9 Å². The number of fused-ring (bicyclic) bond motifs is 1. The smallest absolute Gasteiger partial charge is 0.230 e. The number of allylic oxidation sites excluding steroid dienone is 2. The Bertz CT molecular complexity index is 699. The average molecular weight is 224 g/mol. The quantitative estimate of drug-likeness (QED) is 0.603. The highest BCUT2D eigenvalue weighted by atomic mass is 16.5. The van der Waals surface area contributed by atoms with Gasteiger partial charge in [0.15, 0.2) is 0 Å². The number of rotatable bonds is 2. The molecule has 2 aromatic rings. The summed E-state index contributed by atoms with van der Waals surface area (Å²) in [7, 11) is 0. The van der Waals surface area contributed by atoms with Crippen molar-refractivity contribution in [3.05, 3.63) is 66.3 Å². The maximum Gasteiger partial charge on any atom is 0.230 e. The summed E-state index contributed by atoms with van der Waals surface area (Å²) >= 11 is 0. The molecule has 17 heavy (non-hydrogen) atoms. The van der Waals surface area contributed by atoms with Crippen LogP contribution in [0.3, 0.4) is 0 Å². The standard InChI is InChI=1S/C15H14NO/c1-3-5-12-7-8-13-9-10-16(17)11-15(13)14(12)6-4-2/h3-11,17H,1-2H2/q+1/b12-5-,14-6+. The first kappa shape index (κ1) is 11.1. The zero-order chi connectivity index (χ0) is 12.3. The van der Waals surface area contributed by atoms with Crippen molar-refractivity contribution in [3.63, 3.8) is 0 Å². The van der Waals surface area contributed by atoms with Crippen LogP contribution >= 0.6 is 0 Å². The topological polar surface area (TPSA) is 24.1 Å². The van der Waals surface area contributed by atoms with E-state index in [-0.39, 0.29) is 0 Å². The van der Waals surface area contributed by atoms with Crippen LogP contribution < -0.4 is 15.2 Å². The van der Waals surface area contributed by atoms with E-state index in [0.29, 0.717) is 0 Å². The molecule has 1 N–H and O–H groups in total. The molecule has 0 aliphatic rings. The van der Waals surface area contributed by atoms with Crippen LogP contribution in [0, 0.1) is 0 Å². The Morgan fingerprint density at radius 2 is 1.82 bits per heavy atom. The zero-order valence-corrected chi connectivity index (χ0v) is 9.50. The van der Waals surface area contributed by atoms with Crippen LogP contribution in [0.4, 0.5) is 0 Å². The Labute approximate surface area is 99.7 Å². The highest BCUT2D eigenvalue weighted by Gasteiger charge is 2.02. The molecule has 0 unspecified atom stereocenters. The van der Waals surface area contributed by atoms with Crippen molar-refractivity contribution in [3.8, 4) is 0 Å². The van der Waals surface area contributed by atoms with Gasteiger partial charge in [-0.3, -0.25) is 5.21 Å². The van der Waals surface area contributed by atoms with Crippen molar-refractivity contribution in [1.82, 2.24) is 0 Å². The van der Waals surface area contributed by atoms with E-state index in [9.17, 15) is 5.21 Å². The molecule has 1 aromatic heterocycles. The fourth-order valence-corrected chi connectivity index (χ4v) is 1.87. The molecule has 0 radical (unpaired) electrons. The third kappa shape index (κ3) is 2.11. The molecular formula is C15H14NO+. The number of hydrogen-bond acceptors (Lipinski definition) is 1. The van der Waals surface area contributed by atoms with Gasteiger partial charge in [0.2, 0.25) is 12.4 Å². The van der Waals surface area contributed by atoms with Crippen LogP contribution in [0.5, 0.6) is 0 Å². The van der Waals surface area contributed by atoms with Gasteiger partial charge in [-0.2, -0.15) is 0 Å². The molecule has 0 saturated carbocycles. The SMILES string of the molecule is C=C/C=c1/ccc2cc[n+](O)cc2/c1=C/C=C. The highest BCUT2D eigenvalue weighted by Crippen LogP contribution is 2.03. The average Bonchev–Trinajstić information content (AvgIpc) is 2.33. The molecule has 2 nitrogen and oxygen atoms in total. The molecule has 0 spiro atoms. The van der Waals surface area contributed by atoms with Crippen molar-refractivity contribution in [1.29, 1.82) is 0 Å². The minimum absolute atomic E-state index is 0.977. The fraction of sp³-hybridized carbons (Fsp3) is 0. The van der Waals surface area contributed by atoms with Crippen LogP contribution in [-0.4, -0.2) is 5.21 Å². The Balaban J connectivity index is 3.03. The van der Waals surface area contributed by atoms with Crippen LogP contribution in [0.15, 0.2) is 55.9 Å². The molecule has 0 amide bonds. The lowest BCUT2D eigenvalue weighted by molar-refractivity contribution is -0.904. The van der Waals surface area contributed by atoms with Crippen LogP contribution in [0.2, 0.25) is 0 Å². The van der Waals surface area contributed by atoms with Crippen LogP contribution in [0.25, 0.3) is 22.9 Å². The maximum atomic E-state index is 9.49. The third-order valence-corrected chi connectivity index (χ3v) is 2.60. The van der Waals surface area contributed by atoms with Gasteiger partial charge in [-0.05, 0) is 15.8 Å². The number of pyridine rings is 1. The molecule has 0 aliphatic heterocycles. The maximum absolute atomic E-state index is 9.49. The van der Waals surface area contributed by atoms with Crippen LogP contribution in [-0.2, 0) is 0 Å². The number of benzene rings is 1. The number of hydrogen-bond donors (Lipinski definition) is 1. The fourth-order valence-electron chi connectivity index (χ4n) is 1.87. The molecular weight excluding hydrogens is 210 g/mol. The molecule has 0 aliphatic carbocycles. The van der Waals surface area contributed by atoms with Crippen molar-refractivity contribution >= 4 is 22.9 Å². The summed E-state index contributed by atoms with van der Waals surface area (Å²) in [6, 6.07) is 5.92. The highest BCUT2D eigenvalue weighted by molar-refractivity contribution is 5.82. The van der Waals surface area contributed by atoms with E-state index in [1.165, 1.54) is 0 Å². The van der Waals surface area contributed by atoms with Crippen molar-refractivity contribution < 1.29 is 9.94 Å². The molecule has 2 heteroatoms. The van der Waals surface area contributed by atoms with Gasteiger partial charge in [-0.1, -0.05) is 49.6 Å². The molecule has 0 atom stereocenters. The Morgan fingerprint density at radius 3 is 2.53 bits per heavy atom. The molecule has 2 rings (SSSR count). The summed E-state index contributed by atoms with van der Waals surface area (Å²) in [5, 5.41) is 13.6. The number of aromatic nitrogens is 1. The Morgan fingerprint density at radius 1 is 1.06 bits per heavy atom. The minimum atomic E-state index is 0.977. The second kappa shape index (κ2) is 4.66. The predicted octanol–water partition coefficient (Wildman–Crippen LogP) is 1.30. The van der Waals surface area contributed by atoms with E-state index >= 15 is 0 Å². The molecule has 1 aromatic carbocycles. The van der Waals surface area contributed by atoms with Crippen molar-refractivity contribution in [2.75, 3.05) is 0 Å². The first-order chi connectivity index (χ1) is 8.26. The van der Waals surface area contributed by atoms with Gasteiger partial charge in [0, 0.05) is 10.8 Å². The van der Waals surface area contributed by atoms with Gasteiger partial charge in [-0.25, -0.2) is 0 Å². The summed E-state index contributed by atoms with van der Waals surface area (Å²) in [5.41, 5.74) is 0. The summed E-state index contributed by atoms with van der Waals surface area (Å²) in [4.78, 5) is 0. The van der Waals surface area contributed by atoms with Crippen LogP contribution in [0.1, 0.15) is 0 Å². The van der Waals surface area contributed by atoms with E-state index in [4.69, 9.17) is 0 Å². The van der Waals surface area contributed by atoms with Gasteiger partial charge in [0.25, 0.3) is 0 Å². The molecule has 0 bridgehead atoms.